The first-order valence-electron chi connectivity index (χ1n) is 9.59. The van der Waals surface area contributed by atoms with Crippen molar-refractivity contribution in [3.8, 4) is 11.3 Å². The fourth-order valence-corrected chi connectivity index (χ4v) is 4.36. The maximum Gasteiger partial charge on any atom is 0.214 e. The summed E-state index contributed by atoms with van der Waals surface area (Å²) in [6.07, 6.45) is 3.24. The topological polar surface area (TPSA) is 71.7 Å². The summed E-state index contributed by atoms with van der Waals surface area (Å²) in [6.45, 7) is 7.94. The molecular weight excluding hydrogens is 340 g/mol. The van der Waals surface area contributed by atoms with Gasteiger partial charge in [0.1, 0.15) is 0 Å². The van der Waals surface area contributed by atoms with Crippen LogP contribution in [0.25, 0.3) is 11.3 Å². The maximum atomic E-state index is 5.88. The van der Waals surface area contributed by atoms with Gasteiger partial charge >= 0.3 is 0 Å². The maximum absolute atomic E-state index is 5.88. The predicted molar refractivity (Wildman–Crippen MR) is 105 cm³/mol. The molecule has 1 saturated heterocycles. The molecule has 2 N–H and O–H groups in total. The molecule has 3 unspecified atom stereocenters. The Balaban J connectivity index is 1.36. The van der Waals surface area contributed by atoms with Crippen molar-refractivity contribution < 1.29 is 9.15 Å². The van der Waals surface area contributed by atoms with Crippen LogP contribution in [-0.4, -0.2) is 36.7 Å². The SMILES string of the molecule is CN=C(NCc1ncc(-c2ccc(C)cc2)o1)NC1C2CCOC2C1(C)C. The fraction of sp³-hybridized carbons (Fsp3) is 0.524. The van der Waals surface area contributed by atoms with Gasteiger partial charge in [-0.1, -0.05) is 43.7 Å². The third kappa shape index (κ3) is 3.34. The van der Waals surface area contributed by atoms with Crippen LogP contribution in [0.15, 0.2) is 39.9 Å². The van der Waals surface area contributed by atoms with Gasteiger partial charge < -0.3 is 19.8 Å². The van der Waals surface area contributed by atoms with Crippen LogP contribution in [0.5, 0.6) is 0 Å². The Kier molecular flexibility index (Phi) is 4.68. The normalized spacial score (nSPS) is 26.4. The average molecular weight is 368 g/mol. The lowest BCUT2D eigenvalue weighted by molar-refractivity contribution is -0.106. The number of rotatable bonds is 4. The first kappa shape index (κ1) is 18.0. The molecule has 0 amide bonds. The molecule has 0 radical (unpaired) electrons. The number of aliphatic imine (C=N–C) groups is 1. The highest BCUT2D eigenvalue weighted by Gasteiger charge is 2.59. The van der Waals surface area contributed by atoms with Gasteiger partial charge in [0.2, 0.25) is 5.89 Å². The van der Waals surface area contributed by atoms with E-state index in [4.69, 9.17) is 9.15 Å². The van der Waals surface area contributed by atoms with Crippen molar-refractivity contribution in [1.29, 1.82) is 0 Å². The summed E-state index contributed by atoms with van der Waals surface area (Å²) in [5, 5.41) is 6.89. The Morgan fingerprint density at radius 3 is 2.81 bits per heavy atom. The van der Waals surface area contributed by atoms with Crippen molar-refractivity contribution in [3.63, 3.8) is 0 Å². The largest absolute Gasteiger partial charge is 0.439 e. The highest BCUT2D eigenvalue weighted by Crippen LogP contribution is 2.52. The number of nitrogens with one attached hydrogen (secondary N) is 2. The second kappa shape index (κ2) is 7.00. The first-order valence-corrected chi connectivity index (χ1v) is 9.59. The number of aryl methyl sites for hydroxylation is 1. The highest BCUT2D eigenvalue weighted by molar-refractivity contribution is 5.80. The molecule has 0 spiro atoms. The predicted octanol–water partition coefficient (Wildman–Crippen LogP) is 3.13. The molecule has 27 heavy (non-hydrogen) atoms. The summed E-state index contributed by atoms with van der Waals surface area (Å²) in [5.41, 5.74) is 2.37. The first-order chi connectivity index (χ1) is 13.0. The van der Waals surface area contributed by atoms with Gasteiger partial charge in [-0.2, -0.15) is 0 Å². The number of fused-ring (bicyclic) bond motifs is 1. The molecule has 6 nitrogen and oxygen atoms in total. The van der Waals surface area contributed by atoms with Crippen LogP contribution in [0, 0.1) is 18.3 Å². The van der Waals surface area contributed by atoms with E-state index >= 15 is 0 Å². The molecule has 2 aliphatic rings. The number of benzene rings is 1. The Morgan fingerprint density at radius 2 is 2.07 bits per heavy atom. The van der Waals surface area contributed by atoms with Gasteiger partial charge in [-0.3, -0.25) is 4.99 Å². The molecule has 1 aromatic carbocycles. The molecule has 4 rings (SSSR count). The number of hydrogen-bond donors (Lipinski definition) is 2. The second-order valence-corrected chi connectivity index (χ2v) is 8.10. The lowest BCUT2D eigenvalue weighted by Crippen LogP contribution is -2.67. The zero-order chi connectivity index (χ0) is 19.0. The third-order valence-electron chi connectivity index (χ3n) is 5.91. The molecule has 1 aliphatic carbocycles. The molecule has 2 heterocycles. The summed E-state index contributed by atoms with van der Waals surface area (Å²) < 4.78 is 11.8. The van der Waals surface area contributed by atoms with Gasteiger partial charge in [-0.15, -0.1) is 0 Å². The van der Waals surface area contributed by atoms with Gasteiger partial charge in [0.25, 0.3) is 0 Å². The number of nitrogens with zero attached hydrogens (tertiary/aromatic N) is 2. The van der Waals surface area contributed by atoms with Crippen LogP contribution in [0.2, 0.25) is 0 Å². The van der Waals surface area contributed by atoms with Gasteiger partial charge in [0.15, 0.2) is 11.7 Å². The van der Waals surface area contributed by atoms with Gasteiger partial charge in [0, 0.05) is 36.6 Å². The molecule has 6 heteroatoms. The lowest BCUT2D eigenvalue weighted by Gasteiger charge is -2.54. The van der Waals surface area contributed by atoms with E-state index < -0.39 is 0 Å². The van der Waals surface area contributed by atoms with Crippen LogP contribution in [0.3, 0.4) is 0 Å². The minimum atomic E-state index is 0.111. The highest BCUT2D eigenvalue weighted by atomic mass is 16.5. The number of oxazole rings is 1. The van der Waals surface area contributed by atoms with E-state index in [1.807, 2.05) is 12.1 Å². The van der Waals surface area contributed by atoms with E-state index in [0.29, 0.717) is 30.5 Å². The van der Waals surface area contributed by atoms with Crippen molar-refractivity contribution in [3.05, 3.63) is 41.9 Å². The second-order valence-electron chi connectivity index (χ2n) is 8.10. The minimum Gasteiger partial charge on any atom is -0.439 e. The molecule has 1 aliphatic heterocycles. The van der Waals surface area contributed by atoms with Gasteiger partial charge in [0.05, 0.1) is 18.8 Å². The quantitative estimate of drug-likeness (QED) is 0.641. The standard InChI is InChI=1S/C21H28N4O2/c1-13-5-7-14(8-6-13)16-11-23-17(27-16)12-24-20(22-4)25-18-15-9-10-26-19(15)21(18,2)3/h5-8,11,15,18-19H,9-10,12H2,1-4H3,(H2,22,24,25). The van der Waals surface area contributed by atoms with Crippen LogP contribution < -0.4 is 10.6 Å². The zero-order valence-corrected chi connectivity index (χ0v) is 16.5. The molecule has 1 aromatic heterocycles. The summed E-state index contributed by atoms with van der Waals surface area (Å²) in [6, 6.07) is 8.60. The van der Waals surface area contributed by atoms with Crippen molar-refractivity contribution in [1.82, 2.24) is 15.6 Å². The van der Waals surface area contributed by atoms with E-state index in [1.54, 1.807) is 13.2 Å². The molecule has 1 saturated carbocycles. The lowest BCUT2D eigenvalue weighted by atomic mass is 9.57. The van der Waals surface area contributed by atoms with Crippen LogP contribution in [-0.2, 0) is 11.3 Å². The summed E-state index contributed by atoms with van der Waals surface area (Å²) in [4.78, 5) is 8.75. The van der Waals surface area contributed by atoms with E-state index in [0.717, 1.165) is 30.3 Å². The average Bonchev–Trinajstić information content (AvgIpc) is 3.31. The third-order valence-corrected chi connectivity index (χ3v) is 5.91. The monoisotopic (exact) mass is 368 g/mol. The number of aromatic nitrogens is 1. The van der Waals surface area contributed by atoms with Crippen molar-refractivity contribution in [2.75, 3.05) is 13.7 Å². The summed E-state index contributed by atoms with van der Waals surface area (Å²) in [5.74, 6) is 2.76. The molecule has 0 bridgehead atoms. The van der Waals surface area contributed by atoms with Crippen LogP contribution in [0.4, 0.5) is 0 Å². The Labute approximate surface area is 160 Å². The Hall–Kier alpha value is -2.34. The Morgan fingerprint density at radius 1 is 1.30 bits per heavy atom. The number of ether oxygens (including phenoxy) is 1. The summed E-state index contributed by atoms with van der Waals surface area (Å²) >= 11 is 0. The van der Waals surface area contributed by atoms with Crippen LogP contribution in [0.1, 0.15) is 31.7 Å². The van der Waals surface area contributed by atoms with Crippen molar-refractivity contribution >= 4 is 5.96 Å². The molecule has 144 valence electrons. The smallest absolute Gasteiger partial charge is 0.214 e. The molecule has 2 fully saturated rings. The zero-order valence-electron chi connectivity index (χ0n) is 16.5. The van der Waals surface area contributed by atoms with E-state index in [-0.39, 0.29) is 5.41 Å². The van der Waals surface area contributed by atoms with E-state index in [2.05, 4.69) is 53.5 Å². The van der Waals surface area contributed by atoms with E-state index in [9.17, 15) is 0 Å². The number of hydrogen-bond acceptors (Lipinski definition) is 4. The molecular formula is C21H28N4O2. The molecule has 2 aromatic rings. The Bertz CT molecular complexity index is 825. The van der Waals surface area contributed by atoms with Crippen molar-refractivity contribution in [2.24, 2.45) is 16.3 Å². The molecule has 3 atom stereocenters. The van der Waals surface area contributed by atoms with Gasteiger partial charge in [-0.05, 0) is 13.3 Å². The van der Waals surface area contributed by atoms with Crippen molar-refractivity contribution in [2.45, 2.75) is 45.9 Å². The minimum absolute atomic E-state index is 0.111. The summed E-state index contributed by atoms with van der Waals surface area (Å²) in [7, 11) is 1.79. The van der Waals surface area contributed by atoms with Crippen LogP contribution >= 0.6 is 0 Å². The number of guanidine groups is 1. The van der Waals surface area contributed by atoms with Gasteiger partial charge in [-0.25, -0.2) is 4.98 Å². The fourth-order valence-electron chi connectivity index (χ4n) is 4.36. The van der Waals surface area contributed by atoms with E-state index in [1.165, 1.54) is 5.56 Å².